The lowest BCUT2D eigenvalue weighted by atomic mass is 10.0. The first-order chi connectivity index (χ1) is 9.38. The van der Waals surface area contributed by atoms with Gasteiger partial charge in [0.1, 0.15) is 0 Å². The predicted molar refractivity (Wildman–Crippen MR) is 87.4 cm³/mol. The molecule has 0 radical (unpaired) electrons. The van der Waals surface area contributed by atoms with E-state index in [1.807, 2.05) is 12.2 Å². The summed E-state index contributed by atoms with van der Waals surface area (Å²) in [6.07, 6.45) is 15.9. The molecule has 1 aromatic rings. The molecule has 0 fully saturated rings. The molecule has 0 heterocycles. The summed E-state index contributed by atoms with van der Waals surface area (Å²) in [6, 6.07) is 8.60. The molecule has 0 N–H and O–H groups in total. The van der Waals surface area contributed by atoms with Crippen LogP contribution in [0, 0.1) is 0 Å². The lowest BCUT2D eigenvalue weighted by Crippen LogP contribution is -1.89. The molecule has 0 aliphatic carbocycles. The summed E-state index contributed by atoms with van der Waals surface area (Å²) in [5, 5.41) is 0. The number of aryl methyl sites for hydroxylation is 1. The quantitative estimate of drug-likeness (QED) is 0.327. The van der Waals surface area contributed by atoms with Gasteiger partial charge >= 0.3 is 0 Å². The first-order valence-corrected chi connectivity index (χ1v) is 7.69. The molecule has 0 amide bonds. The summed E-state index contributed by atoms with van der Waals surface area (Å²) >= 11 is 0. The second kappa shape index (κ2) is 10.6. The van der Waals surface area contributed by atoms with Gasteiger partial charge in [-0.2, -0.15) is 0 Å². The third kappa shape index (κ3) is 7.00. The Labute approximate surface area is 119 Å². The van der Waals surface area contributed by atoms with E-state index < -0.39 is 0 Å². The van der Waals surface area contributed by atoms with E-state index in [0.717, 1.165) is 0 Å². The average Bonchev–Trinajstić information content (AvgIpc) is 2.46. The van der Waals surface area contributed by atoms with Crippen molar-refractivity contribution in [2.45, 2.75) is 57.8 Å². The number of rotatable bonds is 11. The van der Waals surface area contributed by atoms with Crippen molar-refractivity contribution in [2.24, 2.45) is 0 Å². The average molecular weight is 256 g/mol. The molecule has 0 saturated carbocycles. The fourth-order valence-electron chi connectivity index (χ4n) is 2.45. The summed E-state index contributed by atoms with van der Waals surface area (Å²) in [5.74, 6) is 0. The van der Waals surface area contributed by atoms with Crippen molar-refractivity contribution < 1.29 is 0 Å². The van der Waals surface area contributed by atoms with Crippen molar-refractivity contribution in [1.82, 2.24) is 0 Å². The molecular formula is C19H28. The highest BCUT2D eigenvalue weighted by molar-refractivity contribution is 5.51. The summed E-state index contributed by atoms with van der Waals surface area (Å²) in [5.41, 5.74) is 2.75. The van der Waals surface area contributed by atoms with Crippen molar-refractivity contribution >= 4 is 6.08 Å². The summed E-state index contributed by atoms with van der Waals surface area (Å²) in [6.45, 7) is 7.63. The molecule has 0 aliphatic heterocycles. The van der Waals surface area contributed by atoms with Gasteiger partial charge in [-0.1, -0.05) is 75.1 Å². The van der Waals surface area contributed by atoms with Crippen LogP contribution in [-0.4, -0.2) is 0 Å². The molecule has 0 heteroatoms. The van der Waals surface area contributed by atoms with Crippen molar-refractivity contribution in [2.75, 3.05) is 0 Å². The number of benzene rings is 1. The second-order valence-corrected chi connectivity index (χ2v) is 5.21. The van der Waals surface area contributed by atoms with Gasteiger partial charge in [-0.3, -0.25) is 0 Å². The number of unbranched alkanes of at least 4 members (excludes halogenated alkanes) is 7. The first-order valence-electron chi connectivity index (χ1n) is 7.69. The van der Waals surface area contributed by atoms with Crippen molar-refractivity contribution in [3.63, 3.8) is 0 Å². The van der Waals surface area contributed by atoms with E-state index in [4.69, 9.17) is 0 Å². The van der Waals surface area contributed by atoms with Crippen LogP contribution in [-0.2, 0) is 6.42 Å². The van der Waals surface area contributed by atoms with Gasteiger partial charge in [0, 0.05) is 0 Å². The fourth-order valence-corrected chi connectivity index (χ4v) is 2.45. The van der Waals surface area contributed by atoms with Gasteiger partial charge in [0.2, 0.25) is 0 Å². The molecular weight excluding hydrogens is 228 g/mol. The first kappa shape index (κ1) is 15.8. The van der Waals surface area contributed by atoms with Crippen LogP contribution >= 0.6 is 0 Å². The van der Waals surface area contributed by atoms with Crippen molar-refractivity contribution in [1.29, 1.82) is 0 Å². The molecule has 19 heavy (non-hydrogen) atoms. The number of allylic oxidation sites excluding steroid dienone is 1. The minimum atomic E-state index is 1.18. The fraction of sp³-hybridized carbons (Fsp3) is 0.474. The van der Waals surface area contributed by atoms with Gasteiger partial charge in [-0.05, 0) is 36.8 Å². The molecule has 0 aliphatic rings. The van der Waals surface area contributed by atoms with Gasteiger partial charge in [0.15, 0.2) is 0 Å². The lowest BCUT2D eigenvalue weighted by Gasteiger charge is -2.05. The maximum atomic E-state index is 3.88. The maximum absolute atomic E-state index is 3.88. The lowest BCUT2D eigenvalue weighted by molar-refractivity contribution is 0.581. The molecule has 0 bridgehead atoms. The normalized spacial score (nSPS) is 10.3. The monoisotopic (exact) mass is 256 g/mol. The highest BCUT2D eigenvalue weighted by Gasteiger charge is 1.98. The van der Waals surface area contributed by atoms with Crippen LogP contribution in [0.4, 0.5) is 0 Å². The van der Waals surface area contributed by atoms with E-state index in [9.17, 15) is 0 Å². The Bertz CT molecular complexity index is 362. The molecule has 0 unspecified atom stereocenters. The van der Waals surface area contributed by atoms with Gasteiger partial charge in [-0.15, -0.1) is 6.58 Å². The topological polar surface area (TPSA) is 0 Å². The molecule has 0 nitrogen and oxygen atoms in total. The Morgan fingerprint density at radius 3 is 2.11 bits per heavy atom. The Balaban J connectivity index is 2.04. The van der Waals surface area contributed by atoms with E-state index in [2.05, 4.69) is 37.4 Å². The van der Waals surface area contributed by atoms with Crippen molar-refractivity contribution in [3.8, 4) is 0 Å². The molecule has 104 valence electrons. The third-order valence-electron chi connectivity index (χ3n) is 3.63. The third-order valence-corrected chi connectivity index (χ3v) is 3.63. The zero-order chi connectivity index (χ0) is 13.8. The van der Waals surface area contributed by atoms with Gasteiger partial charge in [0.25, 0.3) is 0 Å². The standard InChI is InChI=1S/C19H28/c1-3-5-6-7-8-9-10-11-12-16-19-17-14-13-15-18(19)4-2/h3-4,13-15,17H,1-2,5-12,16H2. The molecule has 0 spiro atoms. The second-order valence-electron chi connectivity index (χ2n) is 5.21. The smallest absolute Gasteiger partial charge is 0.0230 e. The van der Waals surface area contributed by atoms with Crippen LogP contribution in [0.5, 0.6) is 0 Å². The molecule has 0 atom stereocenters. The molecule has 0 aromatic heterocycles. The largest absolute Gasteiger partial charge is 0.103 e. The van der Waals surface area contributed by atoms with E-state index in [1.165, 1.54) is 68.9 Å². The Morgan fingerprint density at radius 1 is 0.789 bits per heavy atom. The summed E-state index contributed by atoms with van der Waals surface area (Å²) in [7, 11) is 0. The van der Waals surface area contributed by atoms with Gasteiger partial charge < -0.3 is 0 Å². The van der Waals surface area contributed by atoms with Crippen LogP contribution in [0.1, 0.15) is 62.5 Å². The molecule has 1 rings (SSSR count). The minimum absolute atomic E-state index is 1.18. The van der Waals surface area contributed by atoms with Crippen LogP contribution < -0.4 is 0 Å². The summed E-state index contributed by atoms with van der Waals surface area (Å²) < 4.78 is 0. The molecule has 0 saturated heterocycles. The van der Waals surface area contributed by atoms with Crippen LogP contribution in [0.15, 0.2) is 43.5 Å². The van der Waals surface area contributed by atoms with Crippen LogP contribution in [0.3, 0.4) is 0 Å². The van der Waals surface area contributed by atoms with E-state index in [-0.39, 0.29) is 0 Å². The predicted octanol–water partition coefficient (Wildman–Crippen LogP) is 6.18. The Morgan fingerprint density at radius 2 is 1.42 bits per heavy atom. The Kier molecular flexibility index (Phi) is 8.80. The van der Waals surface area contributed by atoms with Crippen LogP contribution in [0.2, 0.25) is 0 Å². The molecule has 1 aromatic carbocycles. The zero-order valence-corrected chi connectivity index (χ0v) is 12.2. The summed E-state index contributed by atoms with van der Waals surface area (Å²) in [4.78, 5) is 0. The highest BCUT2D eigenvalue weighted by atomic mass is 14.0. The highest BCUT2D eigenvalue weighted by Crippen LogP contribution is 2.15. The van der Waals surface area contributed by atoms with E-state index in [1.54, 1.807) is 0 Å². The zero-order valence-electron chi connectivity index (χ0n) is 12.2. The minimum Gasteiger partial charge on any atom is -0.103 e. The van der Waals surface area contributed by atoms with E-state index in [0.29, 0.717) is 0 Å². The van der Waals surface area contributed by atoms with Gasteiger partial charge in [-0.25, -0.2) is 0 Å². The maximum Gasteiger partial charge on any atom is -0.0230 e. The SMILES string of the molecule is C=CCCCCCCCCCc1ccccc1C=C. The van der Waals surface area contributed by atoms with Crippen molar-refractivity contribution in [3.05, 3.63) is 54.6 Å². The van der Waals surface area contributed by atoms with E-state index >= 15 is 0 Å². The Hall–Kier alpha value is -1.30. The van der Waals surface area contributed by atoms with Gasteiger partial charge in [0.05, 0.1) is 0 Å². The number of hydrogen-bond donors (Lipinski definition) is 0. The van der Waals surface area contributed by atoms with Crippen LogP contribution in [0.25, 0.3) is 6.08 Å². The number of hydrogen-bond acceptors (Lipinski definition) is 0.